The Bertz CT molecular complexity index is 184. The van der Waals surface area contributed by atoms with Gasteiger partial charge in [0.25, 0.3) is 0 Å². The highest BCUT2D eigenvalue weighted by Gasteiger charge is 2.19. The van der Waals surface area contributed by atoms with Crippen molar-refractivity contribution < 1.29 is 9.90 Å². The van der Waals surface area contributed by atoms with Gasteiger partial charge in [0.05, 0.1) is 6.07 Å². The van der Waals surface area contributed by atoms with E-state index in [4.69, 9.17) is 10.4 Å². The number of aliphatic carboxylic acids is 1. The molecule has 0 amide bonds. The highest BCUT2D eigenvalue weighted by Crippen LogP contribution is 2.00. The number of carboxylic acids is 1. The molecule has 0 aromatic carbocycles. The van der Waals surface area contributed by atoms with Crippen molar-refractivity contribution in [1.82, 2.24) is 5.32 Å². The predicted octanol–water partition coefficient (Wildman–Crippen LogP) is 0.599. The van der Waals surface area contributed by atoms with Crippen molar-refractivity contribution in [2.45, 2.75) is 26.3 Å². The van der Waals surface area contributed by atoms with Crippen molar-refractivity contribution in [3.05, 3.63) is 0 Å². The van der Waals surface area contributed by atoms with Gasteiger partial charge in [-0.1, -0.05) is 13.8 Å². The van der Waals surface area contributed by atoms with Crippen LogP contribution in [-0.2, 0) is 4.79 Å². The quantitative estimate of drug-likeness (QED) is 0.592. The van der Waals surface area contributed by atoms with E-state index < -0.39 is 12.0 Å². The lowest BCUT2D eigenvalue weighted by Gasteiger charge is -2.16. The van der Waals surface area contributed by atoms with Crippen LogP contribution in [0.5, 0.6) is 0 Å². The van der Waals surface area contributed by atoms with E-state index in [9.17, 15) is 4.79 Å². The van der Waals surface area contributed by atoms with Gasteiger partial charge >= 0.3 is 5.97 Å². The van der Waals surface area contributed by atoms with Gasteiger partial charge in [-0.3, -0.25) is 4.79 Å². The predicted molar refractivity (Wildman–Crippen MR) is 44.5 cm³/mol. The fourth-order valence-electron chi connectivity index (χ4n) is 0.892. The standard InChI is InChI=1S/C8H14N2O2/c1-6(2)7(8(11)12)10-5-3-4-9/h6-7,10H,3,5H2,1-2H3,(H,11,12)/t7-/m0/s1. The summed E-state index contributed by atoms with van der Waals surface area (Å²) in [6, 6.07) is 1.40. The Morgan fingerprint density at radius 3 is 2.58 bits per heavy atom. The van der Waals surface area contributed by atoms with Crippen LogP contribution >= 0.6 is 0 Å². The van der Waals surface area contributed by atoms with Gasteiger partial charge in [0.2, 0.25) is 0 Å². The van der Waals surface area contributed by atoms with E-state index >= 15 is 0 Å². The average Bonchev–Trinajstić information content (AvgIpc) is 1.96. The van der Waals surface area contributed by atoms with Gasteiger partial charge in [-0.15, -0.1) is 0 Å². The van der Waals surface area contributed by atoms with Crippen LogP contribution in [0.25, 0.3) is 0 Å². The van der Waals surface area contributed by atoms with Crippen molar-refractivity contribution in [2.75, 3.05) is 6.54 Å². The molecule has 0 aromatic rings. The maximum Gasteiger partial charge on any atom is 0.320 e. The molecule has 0 aliphatic heterocycles. The number of carbonyl (C=O) groups is 1. The van der Waals surface area contributed by atoms with E-state index in [0.29, 0.717) is 13.0 Å². The van der Waals surface area contributed by atoms with Crippen LogP contribution in [0.1, 0.15) is 20.3 Å². The van der Waals surface area contributed by atoms with E-state index in [1.54, 1.807) is 0 Å². The lowest BCUT2D eigenvalue weighted by molar-refractivity contribution is -0.140. The molecular formula is C8H14N2O2. The minimum atomic E-state index is -0.858. The zero-order valence-electron chi connectivity index (χ0n) is 7.37. The van der Waals surface area contributed by atoms with E-state index in [1.807, 2.05) is 19.9 Å². The van der Waals surface area contributed by atoms with Gasteiger partial charge in [0.1, 0.15) is 6.04 Å². The third-order valence-electron chi connectivity index (χ3n) is 1.53. The Morgan fingerprint density at radius 2 is 2.25 bits per heavy atom. The van der Waals surface area contributed by atoms with Crippen molar-refractivity contribution in [3.8, 4) is 6.07 Å². The molecule has 0 radical (unpaired) electrons. The highest BCUT2D eigenvalue weighted by atomic mass is 16.4. The molecule has 0 unspecified atom stereocenters. The smallest absolute Gasteiger partial charge is 0.320 e. The first kappa shape index (κ1) is 10.9. The molecule has 12 heavy (non-hydrogen) atoms. The SMILES string of the molecule is CC(C)[C@H](NCCC#N)C(=O)O. The van der Waals surface area contributed by atoms with Crippen LogP contribution in [-0.4, -0.2) is 23.7 Å². The third-order valence-corrected chi connectivity index (χ3v) is 1.53. The second-order valence-corrected chi connectivity index (χ2v) is 2.92. The molecule has 0 fully saturated rings. The van der Waals surface area contributed by atoms with E-state index in [-0.39, 0.29) is 5.92 Å². The number of rotatable bonds is 5. The van der Waals surface area contributed by atoms with Crippen molar-refractivity contribution in [2.24, 2.45) is 5.92 Å². The summed E-state index contributed by atoms with van der Waals surface area (Å²) in [5.74, 6) is -0.816. The Kier molecular flexibility index (Phi) is 5.06. The molecule has 1 atom stereocenters. The van der Waals surface area contributed by atoms with Gasteiger partial charge in [-0.2, -0.15) is 5.26 Å². The summed E-state index contributed by atoms with van der Waals surface area (Å²) in [6.45, 7) is 4.10. The Balaban J connectivity index is 3.82. The summed E-state index contributed by atoms with van der Waals surface area (Å²) in [5.41, 5.74) is 0. The summed E-state index contributed by atoms with van der Waals surface area (Å²) in [5, 5.41) is 19.7. The zero-order chi connectivity index (χ0) is 9.56. The second-order valence-electron chi connectivity index (χ2n) is 2.92. The molecule has 0 aliphatic carbocycles. The zero-order valence-corrected chi connectivity index (χ0v) is 7.37. The van der Waals surface area contributed by atoms with Crippen molar-refractivity contribution >= 4 is 5.97 Å². The largest absolute Gasteiger partial charge is 0.480 e. The van der Waals surface area contributed by atoms with Gasteiger partial charge < -0.3 is 10.4 Å². The topological polar surface area (TPSA) is 73.1 Å². The van der Waals surface area contributed by atoms with E-state index in [1.165, 1.54) is 0 Å². The number of carboxylic acid groups (broad SMARTS) is 1. The molecule has 4 heteroatoms. The van der Waals surface area contributed by atoms with Gasteiger partial charge in [0, 0.05) is 13.0 Å². The molecule has 2 N–H and O–H groups in total. The molecule has 0 saturated heterocycles. The molecular weight excluding hydrogens is 156 g/mol. The van der Waals surface area contributed by atoms with E-state index in [0.717, 1.165) is 0 Å². The van der Waals surface area contributed by atoms with Crippen LogP contribution in [0.15, 0.2) is 0 Å². The minimum Gasteiger partial charge on any atom is -0.480 e. The molecule has 0 aromatic heterocycles. The lowest BCUT2D eigenvalue weighted by atomic mass is 10.1. The highest BCUT2D eigenvalue weighted by molar-refractivity contribution is 5.73. The monoisotopic (exact) mass is 170 g/mol. The maximum atomic E-state index is 10.6. The number of hydrogen-bond acceptors (Lipinski definition) is 3. The molecule has 68 valence electrons. The average molecular weight is 170 g/mol. The first-order chi connectivity index (χ1) is 5.59. The van der Waals surface area contributed by atoms with Crippen LogP contribution in [0.2, 0.25) is 0 Å². The lowest BCUT2D eigenvalue weighted by Crippen LogP contribution is -2.41. The molecule has 4 nitrogen and oxygen atoms in total. The van der Waals surface area contributed by atoms with Gasteiger partial charge in [0.15, 0.2) is 0 Å². The molecule has 0 bridgehead atoms. The summed E-state index contributed by atoms with van der Waals surface area (Å²) < 4.78 is 0. The van der Waals surface area contributed by atoms with Crippen LogP contribution in [0, 0.1) is 17.2 Å². The first-order valence-electron chi connectivity index (χ1n) is 3.92. The van der Waals surface area contributed by atoms with Crippen LogP contribution in [0.3, 0.4) is 0 Å². The Morgan fingerprint density at radius 1 is 1.67 bits per heavy atom. The number of nitrogens with one attached hydrogen (secondary N) is 1. The fourth-order valence-corrected chi connectivity index (χ4v) is 0.892. The first-order valence-corrected chi connectivity index (χ1v) is 3.92. The third kappa shape index (κ3) is 3.94. The molecule has 0 heterocycles. The summed E-state index contributed by atoms with van der Waals surface area (Å²) >= 11 is 0. The number of hydrogen-bond donors (Lipinski definition) is 2. The fraction of sp³-hybridized carbons (Fsp3) is 0.750. The second kappa shape index (κ2) is 5.56. The summed E-state index contributed by atoms with van der Waals surface area (Å²) in [6.07, 6.45) is 0.344. The summed E-state index contributed by atoms with van der Waals surface area (Å²) in [7, 11) is 0. The number of nitrogens with zero attached hydrogens (tertiary/aromatic N) is 1. The maximum absolute atomic E-state index is 10.6. The normalized spacial score (nSPS) is 12.5. The Hall–Kier alpha value is -1.08. The van der Waals surface area contributed by atoms with Crippen molar-refractivity contribution in [1.29, 1.82) is 5.26 Å². The number of nitriles is 1. The van der Waals surface area contributed by atoms with Crippen LogP contribution in [0.4, 0.5) is 0 Å². The van der Waals surface area contributed by atoms with E-state index in [2.05, 4.69) is 5.32 Å². The molecule has 0 spiro atoms. The molecule has 0 saturated carbocycles. The Labute approximate surface area is 72.2 Å². The van der Waals surface area contributed by atoms with Gasteiger partial charge in [-0.05, 0) is 5.92 Å². The summed E-state index contributed by atoms with van der Waals surface area (Å²) in [4.78, 5) is 10.6. The minimum absolute atomic E-state index is 0.0428. The van der Waals surface area contributed by atoms with Gasteiger partial charge in [-0.25, -0.2) is 0 Å². The molecule has 0 rings (SSSR count). The molecule has 0 aliphatic rings. The van der Waals surface area contributed by atoms with Crippen molar-refractivity contribution in [3.63, 3.8) is 0 Å². The van der Waals surface area contributed by atoms with Crippen LogP contribution < -0.4 is 5.32 Å².